The molecule has 0 spiro atoms. The lowest BCUT2D eigenvalue weighted by atomic mass is 9.97. The zero-order valence-corrected chi connectivity index (χ0v) is 20.8. The van der Waals surface area contributed by atoms with Crippen molar-refractivity contribution in [1.82, 2.24) is 0 Å². The first-order chi connectivity index (χ1) is 15.8. The number of nitrogens with zero attached hydrogens (tertiary/aromatic N) is 1. The average Bonchev–Trinajstić information content (AvgIpc) is 2.81. The quantitative estimate of drug-likeness (QED) is 0.208. The lowest BCUT2D eigenvalue weighted by Crippen LogP contribution is -2.07. The van der Waals surface area contributed by atoms with Crippen LogP contribution < -0.4 is 9.47 Å². The summed E-state index contributed by atoms with van der Waals surface area (Å²) >= 11 is 7.91. The zero-order chi connectivity index (χ0) is 24.0. The van der Waals surface area contributed by atoms with Crippen molar-refractivity contribution in [2.24, 2.45) is 4.99 Å². The van der Waals surface area contributed by atoms with Crippen molar-refractivity contribution in [3.63, 3.8) is 0 Å². The summed E-state index contributed by atoms with van der Waals surface area (Å²) in [6.45, 7) is 0.231. The maximum absolute atomic E-state index is 14.2. The van der Waals surface area contributed by atoms with Crippen LogP contribution in [0.2, 0.25) is 5.02 Å². The van der Waals surface area contributed by atoms with Crippen molar-refractivity contribution in [3.8, 4) is 22.6 Å². The Morgan fingerprint density at radius 2 is 1.85 bits per heavy atom. The van der Waals surface area contributed by atoms with Crippen molar-refractivity contribution in [2.75, 3.05) is 19.6 Å². The first kappa shape index (κ1) is 25.0. The van der Waals surface area contributed by atoms with Crippen molar-refractivity contribution >= 4 is 50.0 Å². The van der Waals surface area contributed by atoms with Gasteiger partial charge in [0.1, 0.15) is 28.3 Å². The predicted octanol–water partition coefficient (Wildman–Crippen LogP) is 6.92. The van der Waals surface area contributed by atoms with Crippen LogP contribution in [0, 0.1) is 5.82 Å². The zero-order valence-electron chi connectivity index (χ0n) is 18.4. The molecule has 0 aliphatic rings. The largest absolute Gasteiger partial charge is 0.496 e. The Hall–Kier alpha value is -2.61. The predicted molar refractivity (Wildman–Crippen MR) is 140 cm³/mol. The van der Waals surface area contributed by atoms with Gasteiger partial charge < -0.3 is 9.47 Å². The molecule has 4 nitrogen and oxygen atoms in total. The number of amides is 1. The van der Waals surface area contributed by atoms with Gasteiger partial charge in [0.25, 0.3) is 5.91 Å². The van der Waals surface area contributed by atoms with Crippen molar-refractivity contribution in [3.05, 3.63) is 82.6 Å². The Morgan fingerprint density at radius 3 is 2.48 bits per heavy atom. The van der Waals surface area contributed by atoms with E-state index in [1.807, 2.05) is 42.8 Å². The second-order valence-electron chi connectivity index (χ2n) is 6.94. The molecule has 0 saturated carbocycles. The maximum Gasteiger partial charge on any atom is 0.283 e. The Labute approximate surface area is 204 Å². The third-order valence-electron chi connectivity index (χ3n) is 4.66. The molecule has 0 aliphatic carbocycles. The average molecular weight is 504 g/mol. The number of hydrogen-bond donors (Lipinski definition) is 0. The number of carbonyl (C=O) groups is 1. The molecule has 1 amide bonds. The Kier molecular flexibility index (Phi) is 8.72. The normalized spacial score (nSPS) is 12.3. The fourth-order valence-corrected chi connectivity index (χ4v) is 4.98. The number of benzene rings is 3. The summed E-state index contributed by atoms with van der Waals surface area (Å²) in [6.07, 6.45) is 3.71. The van der Waals surface area contributed by atoms with Crippen LogP contribution in [0.4, 0.5) is 4.39 Å². The highest BCUT2D eigenvalue weighted by molar-refractivity contribution is 8.45. The van der Waals surface area contributed by atoms with E-state index >= 15 is 0 Å². The van der Waals surface area contributed by atoms with E-state index in [0.29, 0.717) is 27.0 Å². The van der Waals surface area contributed by atoms with Gasteiger partial charge in [-0.15, -0.1) is 22.2 Å². The van der Waals surface area contributed by atoms with E-state index in [-0.39, 0.29) is 17.2 Å². The van der Waals surface area contributed by atoms with Crippen LogP contribution in [-0.2, 0) is 6.61 Å². The number of methoxy groups -OCH3 is 1. The Balaban J connectivity index is 2.22. The van der Waals surface area contributed by atoms with E-state index in [1.54, 1.807) is 12.1 Å². The molecule has 1 unspecified atom stereocenters. The minimum absolute atomic E-state index is 0.138. The highest BCUT2D eigenvalue weighted by atomic mass is 35.5. The molecule has 0 heterocycles. The topological polar surface area (TPSA) is 47.9 Å². The highest BCUT2D eigenvalue weighted by Crippen LogP contribution is 2.42. The van der Waals surface area contributed by atoms with Gasteiger partial charge in [-0.05, 0) is 48.4 Å². The molecule has 0 fully saturated rings. The molecule has 3 aromatic rings. The van der Waals surface area contributed by atoms with Crippen LogP contribution >= 0.6 is 33.8 Å². The van der Waals surface area contributed by atoms with Gasteiger partial charge in [-0.3, -0.25) is 4.79 Å². The van der Waals surface area contributed by atoms with Crippen molar-refractivity contribution < 1.29 is 18.7 Å². The molecule has 0 N–H and O–H groups in total. The first-order valence-corrected chi connectivity index (χ1v) is 13.2. The Bertz CT molecular complexity index is 1220. The van der Waals surface area contributed by atoms with Crippen LogP contribution in [0.5, 0.6) is 11.5 Å². The second-order valence-corrected chi connectivity index (χ2v) is 10.1. The molecule has 0 saturated heterocycles. The van der Waals surface area contributed by atoms with Crippen molar-refractivity contribution in [2.45, 2.75) is 6.61 Å². The summed E-state index contributed by atoms with van der Waals surface area (Å²) < 4.78 is 26.3. The second kappa shape index (κ2) is 11.5. The third-order valence-corrected chi connectivity index (χ3v) is 7.46. The number of hydrogen-bond acceptors (Lipinski definition) is 4. The molecule has 172 valence electrons. The first-order valence-electron chi connectivity index (χ1n) is 9.81. The standard InChI is InChI=1S/C25H23ClFNO3S2/c1-30-20-12-10-17(27)14-18(20)22-19(26)11-13-21(31-15-16-8-6-5-7-9-16)23(22)24(29)28-25(32-2)33(3)4/h5-14H,3,15H2,1-2,4H3. The molecular formula is C25H23ClFNO3S2. The van der Waals surface area contributed by atoms with Crippen LogP contribution in [-0.4, -0.2) is 35.8 Å². The van der Waals surface area contributed by atoms with E-state index < -0.39 is 22.2 Å². The molecule has 33 heavy (non-hydrogen) atoms. The third kappa shape index (κ3) is 6.05. The fraction of sp³-hybridized carbons (Fsp3) is 0.160. The number of ether oxygens (including phenoxy) is 2. The van der Waals surface area contributed by atoms with Gasteiger partial charge >= 0.3 is 0 Å². The van der Waals surface area contributed by atoms with Crippen molar-refractivity contribution in [1.29, 1.82) is 0 Å². The van der Waals surface area contributed by atoms with Gasteiger partial charge in [-0.25, -0.2) is 4.39 Å². The van der Waals surface area contributed by atoms with E-state index in [4.69, 9.17) is 21.1 Å². The summed E-state index contributed by atoms with van der Waals surface area (Å²) in [6, 6.07) is 16.8. The summed E-state index contributed by atoms with van der Waals surface area (Å²) in [5.41, 5.74) is 1.70. The van der Waals surface area contributed by atoms with Crippen LogP contribution in [0.15, 0.2) is 65.7 Å². The molecule has 3 aromatic carbocycles. The van der Waals surface area contributed by atoms with Gasteiger partial charge in [0.15, 0.2) is 0 Å². The van der Waals surface area contributed by atoms with E-state index in [1.165, 1.54) is 37.1 Å². The SMILES string of the molecule is C=S(C)C(=NC(=O)c1c(OCc2ccccc2)ccc(Cl)c1-c1cc(F)ccc1OC)SC. The minimum Gasteiger partial charge on any atom is -0.496 e. The maximum atomic E-state index is 14.2. The Morgan fingerprint density at radius 1 is 1.15 bits per heavy atom. The number of aliphatic imine (C=N–C) groups is 1. The summed E-state index contributed by atoms with van der Waals surface area (Å²) in [5, 5.41) is 0.250. The van der Waals surface area contributed by atoms with Gasteiger partial charge in [0.05, 0.1) is 12.7 Å². The molecule has 8 heteroatoms. The number of rotatable bonds is 6. The summed E-state index contributed by atoms with van der Waals surface area (Å²) in [4.78, 5) is 17.8. The van der Waals surface area contributed by atoms with Crippen LogP contribution in [0.3, 0.4) is 0 Å². The van der Waals surface area contributed by atoms with Gasteiger partial charge in [0, 0.05) is 16.1 Å². The molecule has 0 bridgehead atoms. The molecule has 0 aromatic heterocycles. The fourth-order valence-electron chi connectivity index (χ4n) is 3.17. The lowest BCUT2D eigenvalue weighted by molar-refractivity contribution is 0.1000. The van der Waals surface area contributed by atoms with Crippen LogP contribution in [0.1, 0.15) is 15.9 Å². The van der Waals surface area contributed by atoms with Crippen LogP contribution in [0.25, 0.3) is 11.1 Å². The summed E-state index contributed by atoms with van der Waals surface area (Å²) in [5.74, 6) is 3.61. The van der Waals surface area contributed by atoms with E-state index in [0.717, 1.165) is 5.56 Å². The smallest absolute Gasteiger partial charge is 0.283 e. The number of halogens is 2. The number of carbonyl (C=O) groups excluding carboxylic acids is 1. The molecule has 3 rings (SSSR count). The van der Waals surface area contributed by atoms with Gasteiger partial charge in [-0.2, -0.15) is 4.99 Å². The molecular weight excluding hydrogens is 481 g/mol. The monoisotopic (exact) mass is 503 g/mol. The van der Waals surface area contributed by atoms with E-state index in [2.05, 4.69) is 10.9 Å². The minimum atomic E-state index is -0.547. The molecule has 0 aliphatic heterocycles. The molecule has 0 radical (unpaired) electrons. The highest BCUT2D eigenvalue weighted by Gasteiger charge is 2.25. The molecule has 1 atom stereocenters. The summed E-state index contributed by atoms with van der Waals surface area (Å²) in [7, 11) is 0.999. The van der Waals surface area contributed by atoms with E-state index in [9.17, 15) is 9.18 Å². The lowest BCUT2D eigenvalue weighted by Gasteiger charge is -2.17. The van der Waals surface area contributed by atoms with Gasteiger partial charge in [-0.1, -0.05) is 47.8 Å². The number of thioether (sulfide) groups is 1. The van der Waals surface area contributed by atoms with Gasteiger partial charge in [0.2, 0.25) is 0 Å².